The minimum Gasteiger partial charge on any atom is -0.503 e. The second-order valence-corrected chi connectivity index (χ2v) is 7.78. The number of aliphatic hydroxyl groups is 1. The number of amides is 1. The van der Waals surface area contributed by atoms with E-state index in [4.69, 9.17) is 4.74 Å². The molecule has 0 unspecified atom stereocenters. The van der Waals surface area contributed by atoms with Gasteiger partial charge in [-0.1, -0.05) is 70.5 Å². The highest BCUT2D eigenvalue weighted by atomic mass is 79.9. The summed E-state index contributed by atoms with van der Waals surface area (Å²) in [5.74, 6) is 0.196. The van der Waals surface area contributed by atoms with Crippen LogP contribution in [0.25, 0.3) is 5.57 Å². The maximum Gasteiger partial charge on any atom is 0.290 e. The van der Waals surface area contributed by atoms with Gasteiger partial charge in [-0.05, 0) is 41.0 Å². The van der Waals surface area contributed by atoms with E-state index < -0.39 is 0 Å². The van der Waals surface area contributed by atoms with Crippen molar-refractivity contribution in [2.24, 2.45) is 0 Å². The van der Waals surface area contributed by atoms with Crippen LogP contribution in [-0.4, -0.2) is 23.0 Å². The highest BCUT2D eigenvalue weighted by Crippen LogP contribution is 2.43. The van der Waals surface area contributed by atoms with Gasteiger partial charge in [0.15, 0.2) is 5.76 Å². The van der Waals surface area contributed by atoms with Crippen LogP contribution in [0.3, 0.4) is 0 Å². The summed E-state index contributed by atoms with van der Waals surface area (Å²) in [5, 5.41) is 10.8. The molecule has 0 fully saturated rings. The Hall–Kier alpha value is -3.05. The maximum absolute atomic E-state index is 13.1. The van der Waals surface area contributed by atoms with Gasteiger partial charge in [0.1, 0.15) is 5.75 Å². The lowest BCUT2D eigenvalue weighted by molar-refractivity contribution is -0.130. The first-order valence-corrected chi connectivity index (χ1v) is 10.1. The largest absolute Gasteiger partial charge is 0.503 e. The van der Waals surface area contributed by atoms with E-state index in [1.807, 2.05) is 78.9 Å². The van der Waals surface area contributed by atoms with Gasteiger partial charge in [0.25, 0.3) is 5.91 Å². The number of nitrogens with zero attached hydrogens (tertiary/aromatic N) is 1. The minimum absolute atomic E-state index is 0.197. The van der Waals surface area contributed by atoms with Gasteiger partial charge >= 0.3 is 0 Å². The predicted octanol–water partition coefficient (Wildman–Crippen LogP) is 5.51. The van der Waals surface area contributed by atoms with E-state index >= 15 is 0 Å². The molecule has 0 aliphatic carbocycles. The van der Waals surface area contributed by atoms with Gasteiger partial charge in [-0.25, -0.2) is 0 Å². The second-order valence-electron chi connectivity index (χ2n) is 6.86. The van der Waals surface area contributed by atoms with Crippen molar-refractivity contribution >= 4 is 27.4 Å². The summed E-state index contributed by atoms with van der Waals surface area (Å²) in [6.07, 6.45) is 0. The lowest BCUT2D eigenvalue weighted by Gasteiger charge is -2.27. The van der Waals surface area contributed by atoms with Crippen molar-refractivity contribution in [2.45, 2.75) is 12.6 Å². The van der Waals surface area contributed by atoms with Gasteiger partial charge < -0.3 is 14.7 Å². The van der Waals surface area contributed by atoms with Crippen molar-refractivity contribution in [1.82, 2.24) is 4.90 Å². The molecule has 5 heteroatoms. The number of ether oxygens (including phenoxy) is 1. The first-order chi connectivity index (χ1) is 14.1. The third kappa shape index (κ3) is 3.78. The average molecular weight is 450 g/mol. The fraction of sp³-hybridized carbons (Fsp3) is 0.125. The van der Waals surface area contributed by atoms with E-state index in [0.717, 1.165) is 26.9 Å². The molecule has 4 nitrogen and oxygen atoms in total. The fourth-order valence-corrected chi connectivity index (χ4v) is 3.91. The Balaban J connectivity index is 1.77. The van der Waals surface area contributed by atoms with E-state index in [9.17, 15) is 9.90 Å². The van der Waals surface area contributed by atoms with Crippen LogP contribution >= 0.6 is 15.9 Å². The molecule has 0 spiro atoms. The molecule has 29 heavy (non-hydrogen) atoms. The molecule has 1 N–H and O–H groups in total. The zero-order chi connectivity index (χ0) is 20.4. The number of hydrogen-bond acceptors (Lipinski definition) is 3. The first kappa shape index (κ1) is 19.3. The zero-order valence-electron chi connectivity index (χ0n) is 15.9. The van der Waals surface area contributed by atoms with E-state index in [-0.39, 0.29) is 17.7 Å². The Morgan fingerprint density at radius 2 is 1.62 bits per heavy atom. The van der Waals surface area contributed by atoms with Crippen LogP contribution in [0.5, 0.6) is 5.75 Å². The number of carbonyl (C=O) groups is 1. The molecule has 1 aliphatic rings. The third-order valence-electron chi connectivity index (χ3n) is 5.09. The summed E-state index contributed by atoms with van der Waals surface area (Å²) in [6, 6.07) is 24.7. The number of rotatable bonds is 5. The normalized spacial score (nSPS) is 16.4. The molecular formula is C24H20BrNO3. The van der Waals surface area contributed by atoms with Crippen LogP contribution in [-0.2, 0) is 11.3 Å². The summed E-state index contributed by atoms with van der Waals surface area (Å²) in [7, 11) is 1.62. The van der Waals surface area contributed by atoms with Crippen molar-refractivity contribution < 1.29 is 14.6 Å². The maximum atomic E-state index is 13.1. The smallest absolute Gasteiger partial charge is 0.290 e. The Labute approximate surface area is 178 Å². The third-order valence-corrected chi connectivity index (χ3v) is 5.61. The quantitative estimate of drug-likeness (QED) is 0.558. The molecule has 4 rings (SSSR count). The summed E-state index contributed by atoms with van der Waals surface area (Å²) in [4.78, 5) is 14.8. The SMILES string of the molecule is COc1ccc(CN2C(=O)C(O)=C(c3ccccc3)[C@@H]2c2ccc(Br)cc2)cc1. The number of halogens is 1. The van der Waals surface area contributed by atoms with Crippen LogP contribution in [0.2, 0.25) is 0 Å². The number of aliphatic hydroxyl groups excluding tert-OH is 1. The van der Waals surface area contributed by atoms with Gasteiger partial charge in [-0.15, -0.1) is 0 Å². The average Bonchev–Trinajstić information content (AvgIpc) is 3.00. The molecule has 3 aromatic carbocycles. The molecule has 3 aromatic rings. The molecule has 0 bridgehead atoms. The molecule has 1 aliphatic heterocycles. The van der Waals surface area contributed by atoms with Crippen molar-refractivity contribution in [1.29, 1.82) is 0 Å². The Bertz CT molecular complexity index is 1040. The molecule has 0 aromatic heterocycles. The number of benzene rings is 3. The van der Waals surface area contributed by atoms with E-state index in [2.05, 4.69) is 15.9 Å². The van der Waals surface area contributed by atoms with Crippen LogP contribution in [0.15, 0.2) is 89.1 Å². The standard InChI is InChI=1S/C24H20BrNO3/c1-29-20-13-7-16(8-14-20)15-26-22(18-9-11-19(25)12-10-18)21(23(27)24(26)28)17-5-3-2-4-6-17/h2-14,22,27H,15H2,1H3/t22-/m0/s1. The topological polar surface area (TPSA) is 49.8 Å². The Kier molecular flexibility index (Phi) is 5.41. The minimum atomic E-state index is -0.375. The highest BCUT2D eigenvalue weighted by Gasteiger charge is 2.40. The van der Waals surface area contributed by atoms with Crippen LogP contribution in [0, 0.1) is 0 Å². The fourth-order valence-electron chi connectivity index (χ4n) is 3.65. The molecule has 1 amide bonds. The highest BCUT2D eigenvalue weighted by molar-refractivity contribution is 9.10. The number of carbonyl (C=O) groups excluding carboxylic acids is 1. The predicted molar refractivity (Wildman–Crippen MR) is 116 cm³/mol. The van der Waals surface area contributed by atoms with Crippen molar-refractivity contribution in [3.05, 3.63) is 106 Å². The van der Waals surface area contributed by atoms with Crippen molar-refractivity contribution in [2.75, 3.05) is 7.11 Å². The second kappa shape index (κ2) is 8.13. The van der Waals surface area contributed by atoms with Crippen molar-refractivity contribution in [3.8, 4) is 5.75 Å². The van der Waals surface area contributed by atoms with Crippen molar-refractivity contribution in [3.63, 3.8) is 0 Å². The summed E-state index contributed by atoms with van der Waals surface area (Å²) >= 11 is 3.47. The zero-order valence-corrected chi connectivity index (χ0v) is 17.5. The van der Waals surface area contributed by atoms with Crippen LogP contribution < -0.4 is 4.74 Å². The monoisotopic (exact) mass is 449 g/mol. The van der Waals surface area contributed by atoms with Crippen LogP contribution in [0.1, 0.15) is 22.7 Å². The van der Waals surface area contributed by atoms with Gasteiger partial charge in [-0.3, -0.25) is 4.79 Å². The molecule has 0 saturated carbocycles. The first-order valence-electron chi connectivity index (χ1n) is 9.26. The molecule has 0 saturated heterocycles. The van der Waals surface area contributed by atoms with E-state index in [0.29, 0.717) is 12.1 Å². The lowest BCUT2D eigenvalue weighted by atomic mass is 9.93. The molecule has 1 heterocycles. The lowest BCUT2D eigenvalue weighted by Crippen LogP contribution is -2.29. The van der Waals surface area contributed by atoms with Crippen LogP contribution in [0.4, 0.5) is 0 Å². The molecule has 146 valence electrons. The summed E-state index contributed by atoms with van der Waals surface area (Å²) in [6.45, 7) is 0.379. The Morgan fingerprint density at radius 3 is 2.24 bits per heavy atom. The van der Waals surface area contributed by atoms with Gasteiger partial charge in [0.2, 0.25) is 0 Å². The molecule has 0 radical (unpaired) electrons. The summed E-state index contributed by atoms with van der Waals surface area (Å²) < 4.78 is 6.18. The Morgan fingerprint density at radius 1 is 0.966 bits per heavy atom. The van der Waals surface area contributed by atoms with E-state index in [1.165, 1.54) is 0 Å². The summed E-state index contributed by atoms with van der Waals surface area (Å²) in [5.41, 5.74) is 3.37. The number of hydrogen-bond donors (Lipinski definition) is 1. The molecule has 1 atom stereocenters. The van der Waals surface area contributed by atoms with Gasteiger partial charge in [0.05, 0.1) is 13.2 Å². The number of methoxy groups -OCH3 is 1. The van der Waals surface area contributed by atoms with Gasteiger partial charge in [-0.2, -0.15) is 0 Å². The van der Waals surface area contributed by atoms with E-state index in [1.54, 1.807) is 12.0 Å². The van der Waals surface area contributed by atoms with Gasteiger partial charge in [0, 0.05) is 16.6 Å². The molecular weight excluding hydrogens is 430 g/mol.